The Morgan fingerprint density at radius 2 is 1.88 bits per heavy atom. The lowest BCUT2D eigenvalue weighted by atomic mass is 9.96. The van der Waals surface area contributed by atoms with Gasteiger partial charge in [0.25, 0.3) is 0 Å². The van der Waals surface area contributed by atoms with Gasteiger partial charge in [0.15, 0.2) is 0 Å². The molecular formula is C32H34Cl2N8. The molecule has 2 aromatic heterocycles. The standard InChI is InChI=1S/C32H34Cl2N8/c1-32(2,3)17-37-28-19(12-35)13-36-30-23(28)10-21(11-26(30)34)38-29(18-4-6-20(33)7-5-18)27-16-42(40-39-27)31-24-14-41(15-25(24)31)22-8-9-22/h4-7,10-11,13,16,22,24-25,29,31,38H,8-9,14-15,17H2,1-3H3,(H,36,37)/t24-,25+,29-,31-/m0/s1/i29D. The van der Waals surface area contributed by atoms with Gasteiger partial charge in [0, 0.05) is 59.8 Å². The minimum Gasteiger partial charge on any atom is -0.383 e. The number of likely N-dealkylation sites (tertiary alicyclic amines) is 1. The van der Waals surface area contributed by atoms with E-state index in [9.17, 15) is 6.63 Å². The molecule has 2 N–H and O–H groups in total. The highest BCUT2D eigenvalue weighted by molar-refractivity contribution is 6.36. The Morgan fingerprint density at radius 1 is 1.14 bits per heavy atom. The van der Waals surface area contributed by atoms with Crippen LogP contribution in [-0.2, 0) is 0 Å². The fraction of sp³-hybridized carbons (Fsp3) is 0.438. The van der Waals surface area contributed by atoms with Crippen molar-refractivity contribution in [2.75, 3.05) is 30.3 Å². The zero-order chi connectivity index (χ0) is 30.1. The number of nitriles is 1. The minimum atomic E-state index is -1.50. The molecule has 42 heavy (non-hydrogen) atoms. The average molecular weight is 603 g/mol. The van der Waals surface area contributed by atoms with Gasteiger partial charge < -0.3 is 10.6 Å². The summed E-state index contributed by atoms with van der Waals surface area (Å²) in [6.07, 6.45) is 6.11. The fourth-order valence-corrected chi connectivity index (χ4v) is 6.59. The third-order valence-corrected chi connectivity index (χ3v) is 9.10. The van der Waals surface area contributed by atoms with E-state index < -0.39 is 6.02 Å². The van der Waals surface area contributed by atoms with Crippen LogP contribution in [-0.4, -0.2) is 50.6 Å². The summed E-state index contributed by atoms with van der Waals surface area (Å²) in [6.45, 7) is 9.27. The Balaban J connectivity index is 1.25. The van der Waals surface area contributed by atoms with Gasteiger partial charge in [-0.2, -0.15) is 5.26 Å². The van der Waals surface area contributed by atoms with Crippen LogP contribution >= 0.6 is 23.2 Å². The van der Waals surface area contributed by atoms with Gasteiger partial charge in [-0.15, -0.1) is 5.10 Å². The molecule has 7 rings (SSSR count). The molecule has 216 valence electrons. The quantitative estimate of drug-likeness (QED) is 0.226. The van der Waals surface area contributed by atoms with Crippen molar-refractivity contribution < 1.29 is 1.37 Å². The van der Waals surface area contributed by atoms with E-state index in [-0.39, 0.29) is 5.41 Å². The van der Waals surface area contributed by atoms with E-state index in [0.29, 0.717) is 73.6 Å². The highest BCUT2D eigenvalue weighted by Crippen LogP contribution is 2.56. The number of anilines is 2. The number of fused-ring (bicyclic) bond motifs is 2. The number of rotatable bonds is 8. The summed E-state index contributed by atoms with van der Waals surface area (Å²) >= 11 is 13.0. The summed E-state index contributed by atoms with van der Waals surface area (Å²) in [4.78, 5) is 7.10. The smallest absolute Gasteiger partial charge is 0.109 e. The Bertz CT molecular complexity index is 1730. The minimum absolute atomic E-state index is 0.0189. The van der Waals surface area contributed by atoms with Crippen molar-refractivity contribution in [3.05, 3.63) is 75.7 Å². The number of pyridine rings is 1. The van der Waals surface area contributed by atoms with Gasteiger partial charge in [-0.1, -0.05) is 61.3 Å². The van der Waals surface area contributed by atoms with Crippen LogP contribution in [0.3, 0.4) is 0 Å². The van der Waals surface area contributed by atoms with Gasteiger partial charge in [-0.3, -0.25) is 9.88 Å². The number of benzene rings is 2. The largest absolute Gasteiger partial charge is 0.383 e. The number of piperidine rings is 1. The van der Waals surface area contributed by atoms with E-state index in [1.807, 2.05) is 29.1 Å². The van der Waals surface area contributed by atoms with Crippen LogP contribution in [0, 0.1) is 28.6 Å². The number of nitrogens with one attached hydrogen (secondary N) is 2. The molecule has 2 aliphatic carbocycles. The van der Waals surface area contributed by atoms with E-state index in [1.54, 1.807) is 24.4 Å². The van der Waals surface area contributed by atoms with Crippen LogP contribution < -0.4 is 10.6 Å². The summed E-state index contributed by atoms with van der Waals surface area (Å²) in [6, 6.07) is 12.7. The summed E-state index contributed by atoms with van der Waals surface area (Å²) in [5.74, 6) is 1.19. The SMILES string of the molecule is [2H][C@](Nc1cc(Cl)c2ncc(C#N)c(NCC(C)(C)C)c2c1)(c1ccc(Cl)cc1)c1cn([C@@H]2[C@@H]3CN(C4CC4)C[C@@H]32)nn1. The second-order valence-electron chi connectivity index (χ2n) is 13.0. The molecule has 10 heteroatoms. The second kappa shape index (κ2) is 10.4. The molecule has 1 aliphatic heterocycles. The van der Waals surface area contributed by atoms with Crippen LogP contribution in [0.4, 0.5) is 11.4 Å². The zero-order valence-electron chi connectivity index (χ0n) is 24.9. The maximum Gasteiger partial charge on any atom is 0.109 e. The molecule has 0 spiro atoms. The van der Waals surface area contributed by atoms with Gasteiger partial charge in [0.1, 0.15) is 11.8 Å². The van der Waals surface area contributed by atoms with Crippen molar-refractivity contribution in [3.8, 4) is 6.07 Å². The summed E-state index contributed by atoms with van der Waals surface area (Å²) in [5, 5.41) is 27.5. The van der Waals surface area contributed by atoms with Gasteiger partial charge in [-0.05, 0) is 48.1 Å². The summed E-state index contributed by atoms with van der Waals surface area (Å²) in [5.41, 5.74) is 3.39. The third-order valence-electron chi connectivity index (χ3n) is 8.56. The molecule has 4 atom stereocenters. The Kier molecular flexibility index (Phi) is 6.51. The van der Waals surface area contributed by atoms with Crippen molar-refractivity contribution in [1.29, 1.82) is 5.26 Å². The molecule has 3 fully saturated rings. The third kappa shape index (κ3) is 5.30. The Morgan fingerprint density at radius 3 is 2.55 bits per heavy atom. The van der Waals surface area contributed by atoms with Crippen molar-refractivity contribution in [2.24, 2.45) is 17.3 Å². The van der Waals surface area contributed by atoms with Crippen LogP contribution in [0.1, 0.15) is 63.9 Å². The van der Waals surface area contributed by atoms with Crippen LogP contribution in [0.5, 0.6) is 0 Å². The van der Waals surface area contributed by atoms with Crippen molar-refractivity contribution >= 4 is 45.5 Å². The number of nitrogens with zero attached hydrogens (tertiary/aromatic N) is 6. The monoisotopic (exact) mass is 601 g/mol. The fourth-order valence-electron chi connectivity index (χ4n) is 6.20. The Hall–Kier alpha value is -3.38. The molecule has 0 amide bonds. The lowest BCUT2D eigenvalue weighted by Gasteiger charge is -2.22. The highest BCUT2D eigenvalue weighted by Gasteiger charge is 2.59. The second-order valence-corrected chi connectivity index (χ2v) is 13.9. The van der Waals surface area contributed by atoms with Crippen LogP contribution in [0.2, 0.25) is 10.0 Å². The molecular weight excluding hydrogens is 567 g/mol. The van der Waals surface area contributed by atoms with Gasteiger partial charge in [-0.25, -0.2) is 4.68 Å². The normalized spacial score (nSPS) is 23.6. The first-order valence-corrected chi connectivity index (χ1v) is 15.3. The first kappa shape index (κ1) is 26.3. The van der Waals surface area contributed by atoms with Crippen LogP contribution in [0.25, 0.3) is 10.9 Å². The number of aromatic nitrogens is 4. The first-order chi connectivity index (χ1) is 20.5. The van der Waals surface area contributed by atoms with Gasteiger partial charge in [0.05, 0.1) is 41.4 Å². The predicted octanol–water partition coefficient (Wildman–Crippen LogP) is 6.93. The molecule has 2 aromatic carbocycles. The van der Waals surface area contributed by atoms with E-state index in [0.717, 1.165) is 19.1 Å². The molecule has 3 aliphatic rings. The summed E-state index contributed by atoms with van der Waals surface area (Å²) in [7, 11) is 0. The predicted molar refractivity (Wildman–Crippen MR) is 167 cm³/mol. The molecule has 0 bridgehead atoms. The lowest BCUT2D eigenvalue weighted by Crippen LogP contribution is -2.27. The van der Waals surface area contributed by atoms with Crippen LogP contribution in [0.15, 0.2) is 48.8 Å². The Labute approximate surface area is 257 Å². The molecule has 0 unspecified atom stereocenters. The maximum absolute atomic E-state index is 9.87. The maximum atomic E-state index is 9.87. The van der Waals surface area contributed by atoms with E-state index in [1.165, 1.54) is 12.8 Å². The van der Waals surface area contributed by atoms with E-state index >= 15 is 0 Å². The van der Waals surface area contributed by atoms with E-state index in [2.05, 4.69) is 57.7 Å². The molecule has 4 aromatic rings. The molecule has 1 saturated heterocycles. The average Bonchev–Trinajstić information content (AvgIpc) is 3.82. The van der Waals surface area contributed by atoms with Crippen molar-refractivity contribution in [3.63, 3.8) is 0 Å². The topological polar surface area (TPSA) is 94.7 Å². The summed E-state index contributed by atoms with van der Waals surface area (Å²) < 4.78 is 11.8. The first-order valence-electron chi connectivity index (χ1n) is 15.0. The lowest BCUT2D eigenvalue weighted by molar-refractivity contribution is 0.270. The molecule has 3 heterocycles. The van der Waals surface area contributed by atoms with E-state index in [4.69, 9.17) is 23.2 Å². The molecule has 0 radical (unpaired) electrons. The zero-order valence-corrected chi connectivity index (χ0v) is 25.4. The highest BCUT2D eigenvalue weighted by atomic mass is 35.5. The number of halogens is 2. The number of hydrogen-bond donors (Lipinski definition) is 2. The van der Waals surface area contributed by atoms with Crippen molar-refractivity contribution in [2.45, 2.75) is 51.7 Å². The van der Waals surface area contributed by atoms with Gasteiger partial charge >= 0.3 is 0 Å². The van der Waals surface area contributed by atoms with Crippen molar-refractivity contribution in [1.82, 2.24) is 24.9 Å². The molecule has 8 nitrogen and oxygen atoms in total. The van der Waals surface area contributed by atoms with Gasteiger partial charge in [0.2, 0.25) is 0 Å². The number of hydrogen-bond acceptors (Lipinski definition) is 7. The molecule has 2 saturated carbocycles.